The van der Waals surface area contributed by atoms with Gasteiger partial charge < -0.3 is 13.8 Å². The standard InChI is InChI=1S/C34H19N3O2.H2/c1-2-9-19(10-3-1)34-36-31(22-13-8-16-28-30(22)21-12-5-7-15-27(21)38-28)33-32(37-34)24-17-26-23(18-29(24)39-33)20-11-4-6-14-25(20)35-26;/h1-18,35H;1H. The van der Waals surface area contributed by atoms with E-state index in [1.807, 2.05) is 66.7 Å². The molecule has 0 spiro atoms. The zero-order valence-corrected chi connectivity index (χ0v) is 20.6. The number of hydrogen-bond acceptors (Lipinski definition) is 4. The highest BCUT2D eigenvalue weighted by Crippen LogP contribution is 2.42. The predicted octanol–water partition coefficient (Wildman–Crippen LogP) is 9.49. The second kappa shape index (κ2) is 7.55. The van der Waals surface area contributed by atoms with Crippen molar-refractivity contribution in [3.63, 3.8) is 0 Å². The number of H-pyrrole nitrogens is 1. The Labute approximate surface area is 222 Å². The highest BCUT2D eigenvalue weighted by atomic mass is 16.3. The Kier molecular flexibility index (Phi) is 3.99. The topological polar surface area (TPSA) is 67.8 Å². The highest BCUT2D eigenvalue weighted by molar-refractivity contribution is 6.19. The Morgan fingerprint density at radius 3 is 2.28 bits per heavy atom. The van der Waals surface area contributed by atoms with E-state index >= 15 is 0 Å². The van der Waals surface area contributed by atoms with Crippen LogP contribution in [0.5, 0.6) is 0 Å². The second-order valence-electron chi connectivity index (χ2n) is 9.88. The van der Waals surface area contributed by atoms with Crippen LogP contribution in [0.3, 0.4) is 0 Å². The average Bonchev–Trinajstić information content (AvgIpc) is 3.66. The molecule has 0 fully saturated rings. The summed E-state index contributed by atoms with van der Waals surface area (Å²) in [5, 5.41) is 5.31. The lowest BCUT2D eigenvalue weighted by Gasteiger charge is -2.07. The van der Waals surface area contributed by atoms with Gasteiger partial charge >= 0.3 is 0 Å². The Balaban J connectivity index is 0.00000245. The molecule has 39 heavy (non-hydrogen) atoms. The molecule has 4 heterocycles. The highest BCUT2D eigenvalue weighted by Gasteiger charge is 2.22. The van der Waals surface area contributed by atoms with Crippen LogP contribution >= 0.6 is 0 Å². The number of fused-ring (bicyclic) bond motifs is 9. The summed E-state index contributed by atoms with van der Waals surface area (Å²) in [6.07, 6.45) is 0. The van der Waals surface area contributed by atoms with Gasteiger partial charge in [-0.2, -0.15) is 0 Å². The van der Waals surface area contributed by atoms with Crippen molar-refractivity contribution in [3.8, 4) is 22.6 Å². The van der Waals surface area contributed by atoms with Gasteiger partial charge in [0.25, 0.3) is 0 Å². The third kappa shape index (κ3) is 2.90. The van der Waals surface area contributed by atoms with Crippen LogP contribution in [-0.2, 0) is 0 Å². The number of para-hydroxylation sites is 2. The van der Waals surface area contributed by atoms with Crippen molar-refractivity contribution in [3.05, 3.63) is 109 Å². The summed E-state index contributed by atoms with van der Waals surface area (Å²) in [7, 11) is 0. The van der Waals surface area contributed by atoms with E-state index < -0.39 is 0 Å². The normalized spacial score (nSPS) is 12.1. The summed E-state index contributed by atoms with van der Waals surface area (Å²) >= 11 is 0. The molecule has 0 bridgehead atoms. The number of nitrogens with one attached hydrogen (secondary N) is 1. The van der Waals surface area contributed by atoms with Crippen molar-refractivity contribution >= 4 is 65.8 Å². The van der Waals surface area contributed by atoms with E-state index in [0.717, 1.165) is 71.7 Å². The van der Waals surface area contributed by atoms with E-state index in [2.05, 4.69) is 47.4 Å². The van der Waals surface area contributed by atoms with E-state index in [4.69, 9.17) is 18.8 Å². The van der Waals surface area contributed by atoms with E-state index in [1.54, 1.807) is 0 Å². The molecule has 5 aromatic carbocycles. The third-order valence-corrected chi connectivity index (χ3v) is 7.63. The zero-order valence-electron chi connectivity index (χ0n) is 20.6. The third-order valence-electron chi connectivity index (χ3n) is 7.63. The van der Waals surface area contributed by atoms with E-state index in [0.29, 0.717) is 11.4 Å². The lowest BCUT2D eigenvalue weighted by atomic mass is 10.0. The van der Waals surface area contributed by atoms with Crippen LogP contribution < -0.4 is 0 Å². The SMILES string of the molecule is [HH].c1ccc(-c2nc(-c3cccc4oc5ccccc5c34)c3oc4cc5c(cc4c3n2)[nH]c2ccccc25)cc1. The van der Waals surface area contributed by atoms with Crippen molar-refractivity contribution in [2.24, 2.45) is 0 Å². The largest absolute Gasteiger partial charge is 0.456 e. The molecule has 5 nitrogen and oxygen atoms in total. The molecule has 9 aromatic rings. The fraction of sp³-hybridized carbons (Fsp3) is 0. The Bertz CT molecular complexity index is 2400. The summed E-state index contributed by atoms with van der Waals surface area (Å²) in [6.45, 7) is 0. The van der Waals surface area contributed by atoms with Crippen molar-refractivity contribution < 1.29 is 10.3 Å². The number of rotatable bonds is 2. The minimum atomic E-state index is 0. The molecule has 0 radical (unpaired) electrons. The summed E-state index contributed by atoms with van der Waals surface area (Å²) < 4.78 is 12.8. The first kappa shape index (κ1) is 20.6. The zero-order chi connectivity index (χ0) is 25.5. The summed E-state index contributed by atoms with van der Waals surface area (Å²) in [5.74, 6) is 0.655. The van der Waals surface area contributed by atoms with Crippen LogP contribution in [0.1, 0.15) is 1.43 Å². The Morgan fingerprint density at radius 1 is 0.564 bits per heavy atom. The maximum Gasteiger partial charge on any atom is 0.180 e. The predicted molar refractivity (Wildman–Crippen MR) is 159 cm³/mol. The van der Waals surface area contributed by atoms with Crippen LogP contribution in [0, 0.1) is 0 Å². The van der Waals surface area contributed by atoms with Crippen LogP contribution in [0.25, 0.3) is 88.5 Å². The van der Waals surface area contributed by atoms with Crippen LogP contribution in [0.4, 0.5) is 0 Å². The fourth-order valence-electron chi connectivity index (χ4n) is 5.86. The van der Waals surface area contributed by atoms with Gasteiger partial charge in [0.2, 0.25) is 0 Å². The lowest BCUT2D eigenvalue weighted by molar-refractivity contribution is 0.667. The number of hydrogen-bond donors (Lipinski definition) is 1. The second-order valence-corrected chi connectivity index (χ2v) is 9.88. The van der Waals surface area contributed by atoms with Crippen LogP contribution in [-0.4, -0.2) is 15.0 Å². The van der Waals surface area contributed by atoms with Gasteiger partial charge in [0, 0.05) is 50.5 Å². The van der Waals surface area contributed by atoms with Crippen LogP contribution in [0.2, 0.25) is 0 Å². The van der Waals surface area contributed by atoms with Gasteiger partial charge in [0.1, 0.15) is 28.0 Å². The minimum absolute atomic E-state index is 0. The molecule has 0 aliphatic rings. The molecular formula is C34H21N3O2. The molecule has 4 aromatic heterocycles. The molecule has 0 saturated heterocycles. The maximum absolute atomic E-state index is 6.62. The average molecular weight is 504 g/mol. The van der Waals surface area contributed by atoms with Gasteiger partial charge in [-0.15, -0.1) is 0 Å². The van der Waals surface area contributed by atoms with Gasteiger partial charge in [-0.3, -0.25) is 0 Å². The molecule has 5 heteroatoms. The fourth-order valence-corrected chi connectivity index (χ4v) is 5.86. The van der Waals surface area contributed by atoms with Gasteiger partial charge in [-0.05, 0) is 30.3 Å². The quantitative estimate of drug-likeness (QED) is 0.255. The monoisotopic (exact) mass is 503 g/mol. The summed E-state index contributed by atoms with van der Waals surface area (Å²) in [6, 6.07) is 36.9. The molecule has 9 rings (SSSR count). The number of furan rings is 2. The Hall–Kier alpha value is -5.42. The molecule has 0 aliphatic heterocycles. The maximum atomic E-state index is 6.62. The van der Waals surface area contributed by atoms with Gasteiger partial charge in [-0.1, -0.05) is 78.9 Å². The first-order chi connectivity index (χ1) is 19.3. The molecule has 0 atom stereocenters. The first-order valence-electron chi connectivity index (χ1n) is 12.9. The van der Waals surface area contributed by atoms with Crippen molar-refractivity contribution in [1.29, 1.82) is 0 Å². The molecule has 1 N–H and O–H groups in total. The van der Waals surface area contributed by atoms with E-state index in [-0.39, 0.29) is 1.43 Å². The molecule has 184 valence electrons. The minimum Gasteiger partial charge on any atom is -0.456 e. The summed E-state index contributed by atoms with van der Waals surface area (Å²) in [4.78, 5) is 13.8. The smallest absolute Gasteiger partial charge is 0.180 e. The number of nitrogens with zero attached hydrogens (tertiary/aromatic N) is 2. The van der Waals surface area contributed by atoms with Gasteiger partial charge in [-0.25, -0.2) is 9.97 Å². The van der Waals surface area contributed by atoms with Gasteiger partial charge in [0.05, 0.1) is 0 Å². The molecular weight excluding hydrogens is 482 g/mol. The van der Waals surface area contributed by atoms with Crippen molar-refractivity contribution in [1.82, 2.24) is 15.0 Å². The van der Waals surface area contributed by atoms with Crippen molar-refractivity contribution in [2.45, 2.75) is 0 Å². The number of benzene rings is 5. The van der Waals surface area contributed by atoms with Gasteiger partial charge in [0.15, 0.2) is 11.4 Å². The van der Waals surface area contributed by atoms with Crippen molar-refractivity contribution in [2.75, 3.05) is 0 Å². The van der Waals surface area contributed by atoms with E-state index in [1.165, 1.54) is 5.39 Å². The molecule has 0 amide bonds. The van der Waals surface area contributed by atoms with Crippen LogP contribution in [0.15, 0.2) is 118 Å². The molecule has 0 unspecified atom stereocenters. The molecule has 0 aliphatic carbocycles. The number of aromatic amines is 1. The number of aromatic nitrogens is 3. The van der Waals surface area contributed by atoms with E-state index in [9.17, 15) is 0 Å². The first-order valence-corrected chi connectivity index (χ1v) is 12.9. The summed E-state index contributed by atoms with van der Waals surface area (Å²) in [5.41, 5.74) is 8.71. The Morgan fingerprint density at radius 2 is 1.36 bits per heavy atom. The molecule has 0 saturated carbocycles. The lowest BCUT2D eigenvalue weighted by Crippen LogP contribution is -1.94.